The monoisotopic (exact) mass is 419 g/mol. The van der Waals surface area contributed by atoms with Crippen molar-refractivity contribution in [1.29, 1.82) is 0 Å². The summed E-state index contributed by atoms with van der Waals surface area (Å²) in [5.41, 5.74) is 6.81. The number of anilines is 2. The number of alkyl halides is 3. The van der Waals surface area contributed by atoms with Gasteiger partial charge in [0, 0.05) is 11.8 Å². The average molecular weight is 419 g/mol. The molecule has 3 aromatic rings. The summed E-state index contributed by atoms with van der Waals surface area (Å²) >= 11 is 0. The van der Waals surface area contributed by atoms with Crippen molar-refractivity contribution in [2.45, 2.75) is 13.0 Å². The van der Waals surface area contributed by atoms with Crippen LogP contribution in [-0.2, 0) is 6.61 Å². The summed E-state index contributed by atoms with van der Waals surface area (Å²) in [4.78, 5) is 16.1. The van der Waals surface area contributed by atoms with Crippen molar-refractivity contribution < 1.29 is 32.2 Å². The minimum absolute atomic E-state index is 0.0406. The normalized spacial score (nSPS) is 10.9. The molecule has 0 aliphatic heterocycles. The number of nitrogens with zero attached hydrogens (tertiary/aromatic N) is 1. The fourth-order valence-electron chi connectivity index (χ4n) is 2.40. The number of carbonyl (C=O) groups is 1. The van der Waals surface area contributed by atoms with Crippen LogP contribution in [0.1, 0.15) is 5.56 Å². The van der Waals surface area contributed by atoms with E-state index in [1.54, 1.807) is 36.4 Å². The zero-order valence-electron chi connectivity index (χ0n) is 15.3. The molecule has 0 unspecified atom stereocenters. The predicted molar refractivity (Wildman–Crippen MR) is 102 cm³/mol. The molecule has 1 amide bonds. The van der Waals surface area contributed by atoms with E-state index in [0.29, 0.717) is 17.0 Å². The molecule has 0 atom stereocenters. The summed E-state index contributed by atoms with van der Waals surface area (Å²) < 4.78 is 51.0. The van der Waals surface area contributed by atoms with Gasteiger partial charge in [0.05, 0.1) is 5.69 Å². The summed E-state index contributed by atoms with van der Waals surface area (Å²) in [6.07, 6.45) is -4.09. The van der Waals surface area contributed by atoms with Gasteiger partial charge in [-0.2, -0.15) is 0 Å². The maximum Gasteiger partial charge on any atom is 0.573 e. The first-order valence-electron chi connectivity index (χ1n) is 8.56. The molecule has 7 nitrogen and oxygen atoms in total. The van der Waals surface area contributed by atoms with E-state index in [4.69, 9.17) is 15.2 Å². The minimum atomic E-state index is -4.80. The fraction of sp³-hybridized carbons (Fsp3) is 0.100. The maximum atomic E-state index is 12.2. The second kappa shape index (κ2) is 9.03. The lowest BCUT2D eigenvalue weighted by Crippen LogP contribution is -2.18. The highest BCUT2D eigenvalue weighted by Crippen LogP contribution is 2.25. The molecule has 0 radical (unpaired) electrons. The summed E-state index contributed by atoms with van der Waals surface area (Å²) in [5.74, 6) is 0.252. The fourth-order valence-corrected chi connectivity index (χ4v) is 2.40. The molecule has 1 heterocycles. The van der Waals surface area contributed by atoms with Crippen LogP contribution < -0.4 is 25.3 Å². The zero-order valence-corrected chi connectivity index (χ0v) is 15.3. The van der Waals surface area contributed by atoms with Gasteiger partial charge in [-0.25, -0.2) is 9.78 Å². The Balaban J connectivity index is 1.61. The molecule has 0 fully saturated rings. The molecule has 2 aromatic carbocycles. The average Bonchev–Trinajstić information content (AvgIpc) is 2.69. The Morgan fingerprint density at radius 1 is 1.00 bits per heavy atom. The molecular formula is C20H16F3N3O4. The number of ether oxygens (including phenoxy) is 3. The number of rotatable bonds is 6. The number of nitrogens with one attached hydrogen (secondary N) is 1. The van der Waals surface area contributed by atoms with E-state index >= 15 is 0 Å². The summed E-state index contributed by atoms with van der Waals surface area (Å²) in [6.45, 7) is 0.107. The van der Waals surface area contributed by atoms with Crippen LogP contribution >= 0.6 is 0 Å². The summed E-state index contributed by atoms with van der Waals surface area (Å²) in [7, 11) is 0. The van der Waals surface area contributed by atoms with Crippen LogP contribution in [0.5, 0.6) is 17.2 Å². The third-order valence-corrected chi connectivity index (χ3v) is 3.70. The number of nitrogens with two attached hydrogens (primary N) is 1. The van der Waals surface area contributed by atoms with E-state index in [9.17, 15) is 18.0 Å². The molecule has 3 rings (SSSR count). The Hall–Kier alpha value is -3.95. The standard InChI is InChI=1S/C20H16F3N3O4/c21-20(22,23)30-15-9-7-14(8-10-15)29-19(27)26-16-5-2-1-4-13(16)12-28-17-6-3-11-25-18(17)24/h1-11H,12H2,(H2,24,25)(H,26,27). The molecule has 156 valence electrons. The Bertz CT molecular complexity index is 1010. The van der Waals surface area contributed by atoms with Gasteiger partial charge in [0.1, 0.15) is 18.1 Å². The van der Waals surface area contributed by atoms with E-state index in [1.807, 2.05) is 0 Å². The third-order valence-electron chi connectivity index (χ3n) is 3.70. The molecule has 0 saturated carbocycles. The lowest BCUT2D eigenvalue weighted by atomic mass is 10.2. The molecule has 10 heteroatoms. The van der Waals surface area contributed by atoms with Gasteiger partial charge in [-0.3, -0.25) is 5.32 Å². The van der Waals surface area contributed by atoms with Gasteiger partial charge in [-0.05, 0) is 42.5 Å². The van der Waals surface area contributed by atoms with Crippen LogP contribution in [0.15, 0.2) is 66.9 Å². The number of halogens is 3. The van der Waals surface area contributed by atoms with Gasteiger partial charge in [0.25, 0.3) is 0 Å². The highest BCUT2D eigenvalue weighted by molar-refractivity contribution is 5.87. The lowest BCUT2D eigenvalue weighted by molar-refractivity contribution is -0.274. The van der Waals surface area contributed by atoms with Gasteiger partial charge >= 0.3 is 12.5 Å². The lowest BCUT2D eigenvalue weighted by Gasteiger charge is -2.13. The van der Waals surface area contributed by atoms with E-state index in [2.05, 4.69) is 15.0 Å². The smallest absolute Gasteiger partial charge is 0.485 e. The maximum absolute atomic E-state index is 12.2. The molecule has 0 saturated heterocycles. The SMILES string of the molecule is Nc1ncccc1OCc1ccccc1NC(=O)Oc1ccc(OC(F)(F)F)cc1. The molecule has 3 N–H and O–H groups in total. The predicted octanol–water partition coefficient (Wildman–Crippen LogP) is 4.75. The number of pyridine rings is 1. The second-order valence-corrected chi connectivity index (χ2v) is 5.87. The van der Waals surface area contributed by atoms with Crippen LogP contribution in [0.3, 0.4) is 0 Å². The molecule has 30 heavy (non-hydrogen) atoms. The quantitative estimate of drug-likeness (QED) is 0.599. The Morgan fingerprint density at radius 3 is 2.40 bits per heavy atom. The number of carbonyl (C=O) groups excluding carboxylic acids is 1. The number of benzene rings is 2. The topological polar surface area (TPSA) is 95.7 Å². The first-order valence-corrected chi connectivity index (χ1v) is 8.56. The number of para-hydroxylation sites is 1. The van der Waals surface area contributed by atoms with E-state index in [1.165, 1.54) is 18.3 Å². The van der Waals surface area contributed by atoms with E-state index in [0.717, 1.165) is 12.1 Å². The zero-order chi connectivity index (χ0) is 21.6. The van der Waals surface area contributed by atoms with Crippen molar-refractivity contribution in [3.8, 4) is 17.2 Å². The van der Waals surface area contributed by atoms with Crippen molar-refractivity contribution in [1.82, 2.24) is 4.98 Å². The van der Waals surface area contributed by atoms with E-state index in [-0.39, 0.29) is 18.2 Å². The van der Waals surface area contributed by atoms with Gasteiger partial charge in [0.15, 0.2) is 11.6 Å². The Labute approximate surface area is 169 Å². The van der Waals surface area contributed by atoms with Crippen molar-refractivity contribution >= 4 is 17.6 Å². The highest BCUT2D eigenvalue weighted by atomic mass is 19.4. The number of hydrogen-bond acceptors (Lipinski definition) is 6. The van der Waals surface area contributed by atoms with Crippen LogP contribution in [0.4, 0.5) is 29.5 Å². The molecular weight excluding hydrogens is 403 g/mol. The van der Waals surface area contributed by atoms with Crippen LogP contribution in [0.2, 0.25) is 0 Å². The van der Waals surface area contributed by atoms with Crippen LogP contribution in [0, 0.1) is 0 Å². The minimum Gasteiger partial charge on any atom is -0.485 e. The van der Waals surface area contributed by atoms with Gasteiger partial charge in [-0.1, -0.05) is 18.2 Å². The number of nitrogen functional groups attached to an aromatic ring is 1. The third kappa shape index (κ3) is 6.03. The number of amides is 1. The Morgan fingerprint density at radius 2 is 1.70 bits per heavy atom. The molecule has 0 bridgehead atoms. The van der Waals surface area contributed by atoms with Gasteiger partial charge < -0.3 is 19.9 Å². The first-order chi connectivity index (χ1) is 14.3. The second-order valence-electron chi connectivity index (χ2n) is 5.87. The summed E-state index contributed by atoms with van der Waals surface area (Å²) in [5, 5.41) is 2.56. The molecule has 0 aliphatic rings. The van der Waals surface area contributed by atoms with Gasteiger partial charge in [0.2, 0.25) is 0 Å². The molecule has 1 aromatic heterocycles. The number of hydrogen-bond donors (Lipinski definition) is 2. The van der Waals surface area contributed by atoms with Crippen molar-refractivity contribution in [2.75, 3.05) is 11.1 Å². The largest absolute Gasteiger partial charge is 0.573 e. The van der Waals surface area contributed by atoms with Crippen LogP contribution in [-0.4, -0.2) is 17.4 Å². The highest BCUT2D eigenvalue weighted by Gasteiger charge is 2.31. The molecule has 0 aliphatic carbocycles. The van der Waals surface area contributed by atoms with Gasteiger partial charge in [-0.15, -0.1) is 13.2 Å². The van der Waals surface area contributed by atoms with E-state index < -0.39 is 18.2 Å². The summed E-state index contributed by atoms with van der Waals surface area (Å²) in [6, 6.07) is 14.6. The van der Waals surface area contributed by atoms with Crippen molar-refractivity contribution in [3.05, 3.63) is 72.4 Å². The van der Waals surface area contributed by atoms with Crippen molar-refractivity contribution in [2.24, 2.45) is 0 Å². The Kier molecular flexibility index (Phi) is 6.26. The first kappa shape index (κ1) is 20.8. The van der Waals surface area contributed by atoms with Crippen LogP contribution in [0.25, 0.3) is 0 Å². The molecule has 0 spiro atoms. The van der Waals surface area contributed by atoms with Crippen molar-refractivity contribution in [3.63, 3.8) is 0 Å². The number of aromatic nitrogens is 1.